The van der Waals surface area contributed by atoms with Gasteiger partial charge in [0.1, 0.15) is 6.61 Å². The number of methoxy groups -OCH3 is 1. The second-order valence-electron chi connectivity index (χ2n) is 3.75. The molecule has 0 amide bonds. The number of carbonyl (C=O) groups is 1. The van der Waals surface area contributed by atoms with Crippen LogP contribution in [-0.4, -0.2) is 19.5 Å². The van der Waals surface area contributed by atoms with E-state index in [0.717, 1.165) is 11.5 Å². The molecule has 0 bridgehead atoms. The molecule has 74 valence electrons. The standard InChI is InChI=1S/C12H14O2/c1-14-8-12(13)11-6-4-10(5-7-11)9-2-3-9/h4-7,9H,2-3,8H2,1H3. The smallest absolute Gasteiger partial charge is 0.188 e. The molecule has 1 aliphatic carbocycles. The summed E-state index contributed by atoms with van der Waals surface area (Å²) in [5.41, 5.74) is 2.11. The van der Waals surface area contributed by atoms with Gasteiger partial charge in [-0.05, 0) is 24.3 Å². The van der Waals surface area contributed by atoms with Crippen molar-refractivity contribution in [1.29, 1.82) is 0 Å². The van der Waals surface area contributed by atoms with E-state index < -0.39 is 0 Å². The maximum absolute atomic E-state index is 11.4. The Kier molecular flexibility index (Phi) is 2.64. The van der Waals surface area contributed by atoms with Gasteiger partial charge in [-0.15, -0.1) is 0 Å². The van der Waals surface area contributed by atoms with Crippen LogP contribution in [-0.2, 0) is 4.74 Å². The normalized spacial score (nSPS) is 15.5. The number of rotatable bonds is 4. The van der Waals surface area contributed by atoms with E-state index >= 15 is 0 Å². The Morgan fingerprint density at radius 2 is 2.00 bits per heavy atom. The average Bonchev–Trinajstić information content (AvgIpc) is 3.02. The molecule has 1 aliphatic rings. The molecule has 0 unspecified atom stereocenters. The van der Waals surface area contributed by atoms with Crippen LogP contribution in [0.1, 0.15) is 34.7 Å². The zero-order chi connectivity index (χ0) is 9.97. The van der Waals surface area contributed by atoms with Gasteiger partial charge in [0, 0.05) is 12.7 Å². The van der Waals surface area contributed by atoms with Crippen molar-refractivity contribution in [1.82, 2.24) is 0 Å². The highest BCUT2D eigenvalue weighted by Crippen LogP contribution is 2.39. The van der Waals surface area contributed by atoms with E-state index in [1.807, 2.05) is 12.1 Å². The Balaban J connectivity index is 2.08. The number of Topliss-reactive ketones (excluding diaryl/α,β-unsaturated/α-hetero) is 1. The summed E-state index contributed by atoms with van der Waals surface area (Å²) in [4.78, 5) is 11.4. The number of hydrogen-bond donors (Lipinski definition) is 0. The number of benzene rings is 1. The molecule has 1 saturated carbocycles. The van der Waals surface area contributed by atoms with E-state index in [0.29, 0.717) is 0 Å². The predicted molar refractivity (Wildman–Crippen MR) is 54.6 cm³/mol. The second-order valence-corrected chi connectivity index (χ2v) is 3.75. The third-order valence-corrected chi connectivity index (χ3v) is 2.56. The second kappa shape index (κ2) is 3.93. The SMILES string of the molecule is COCC(=O)c1ccc(C2CC2)cc1. The van der Waals surface area contributed by atoms with Crippen molar-refractivity contribution in [2.45, 2.75) is 18.8 Å². The molecule has 0 aliphatic heterocycles. The summed E-state index contributed by atoms with van der Waals surface area (Å²) in [6, 6.07) is 7.91. The molecule has 0 N–H and O–H groups in total. The van der Waals surface area contributed by atoms with Gasteiger partial charge in [0.15, 0.2) is 5.78 Å². The minimum atomic E-state index is 0.0508. The van der Waals surface area contributed by atoms with Crippen LogP contribution in [0.2, 0.25) is 0 Å². The molecule has 0 saturated heterocycles. The minimum absolute atomic E-state index is 0.0508. The maximum Gasteiger partial charge on any atom is 0.188 e. The summed E-state index contributed by atoms with van der Waals surface area (Å²) >= 11 is 0. The number of hydrogen-bond acceptors (Lipinski definition) is 2. The number of carbonyl (C=O) groups excluding carboxylic acids is 1. The first kappa shape index (κ1) is 9.41. The molecular weight excluding hydrogens is 176 g/mol. The van der Waals surface area contributed by atoms with Gasteiger partial charge in [0.25, 0.3) is 0 Å². The van der Waals surface area contributed by atoms with E-state index in [1.165, 1.54) is 25.5 Å². The molecule has 0 heterocycles. The Hall–Kier alpha value is -1.15. The van der Waals surface area contributed by atoms with Gasteiger partial charge >= 0.3 is 0 Å². The topological polar surface area (TPSA) is 26.3 Å². The lowest BCUT2D eigenvalue weighted by Gasteiger charge is -2.01. The molecule has 2 nitrogen and oxygen atoms in total. The van der Waals surface area contributed by atoms with Crippen molar-refractivity contribution in [2.24, 2.45) is 0 Å². The van der Waals surface area contributed by atoms with Gasteiger partial charge in [-0.3, -0.25) is 4.79 Å². The summed E-state index contributed by atoms with van der Waals surface area (Å²) in [5.74, 6) is 0.802. The Bertz CT molecular complexity index is 323. The van der Waals surface area contributed by atoms with E-state index in [9.17, 15) is 4.79 Å². The molecule has 1 aromatic rings. The Labute approximate surface area is 83.9 Å². The van der Waals surface area contributed by atoms with Crippen LogP contribution in [0.5, 0.6) is 0 Å². The average molecular weight is 190 g/mol. The lowest BCUT2D eigenvalue weighted by Crippen LogP contribution is -2.06. The number of ketones is 1. The summed E-state index contributed by atoms with van der Waals surface area (Å²) in [5, 5.41) is 0. The van der Waals surface area contributed by atoms with Crippen molar-refractivity contribution < 1.29 is 9.53 Å². The van der Waals surface area contributed by atoms with Crippen LogP contribution in [0.25, 0.3) is 0 Å². The van der Waals surface area contributed by atoms with E-state index in [1.54, 1.807) is 0 Å². The van der Waals surface area contributed by atoms with Gasteiger partial charge in [-0.2, -0.15) is 0 Å². The van der Waals surface area contributed by atoms with Crippen LogP contribution >= 0.6 is 0 Å². The fourth-order valence-corrected chi connectivity index (χ4v) is 1.57. The highest BCUT2D eigenvalue weighted by Gasteiger charge is 2.23. The zero-order valence-corrected chi connectivity index (χ0v) is 8.32. The summed E-state index contributed by atoms with van der Waals surface area (Å²) in [6.45, 7) is 0.169. The first-order valence-electron chi connectivity index (χ1n) is 4.93. The molecule has 2 heteroatoms. The van der Waals surface area contributed by atoms with Crippen molar-refractivity contribution in [3.05, 3.63) is 35.4 Å². The van der Waals surface area contributed by atoms with Crippen molar-refractivity contribution in [2.75, 3.05) is 13.7 Å². The van der Waals surface area contributed by atoms with E-state index in [2.05, 4.69) is 12.1 Å². The molecule has 2 rings (SSSR count). The highest BCUT2D eigenvalue weighted by atomic mass is 16.5. The monoisotopic (exact) mass is 190 g/mol. The fourth-order valence-electron chi connectivity index (χ4n) is 1.57. The van der Waals surface area contributed by atoms with Crippen LogP contribution < -0.4 is 0 Å². The van der Waals surface area contributed by atoms with Gasteiger partial charge < -0.3 is 4.74 Å². The molecule has 0 atom stereocenters. The summed E-state index contributed by atoms with van der Waals surface area (Å²) < 4.78 is 4.80. The van der Waals surface area contributed by atoms with E-state index in [4.69, 9.17) is 4.74 Å². The first-order valence-corrected chi connectivity index (χ1v) is 4.93. The quantitative estimate of drug-likeness (QED) is 0.681. The van der Waals surface area contributed by atoms with Gasteiger partial charge in [0.05, 0.1) is 0 Å². The number of ether oxygens (including phenoxy) is 1. The third kappa shape index (κ3) is 2.02. The molecule has 1 fully saturated rings. The van der Waals surface area contributed by atoms with Gasteiger partial charge in [-0.1, -0.05) is 24.3 Å². The molecule has 1 aromatic carbocycles. The maximum atomic E-state index is 11.4. The first-order chi connectivity index (χ1) is 6.81. The van der Waals surface area contributed by atoms with Gasteiger partial charge in [0.2, 0.25) is 0 Å². The van der Waals surface area contributed by atoms with Crippen LogP contribution in [0.15, 0.2) is 24.3 Å². The lowest BCUT2D eigenvalue weighted by molar-refractivity contribution is 0.0848. The lowest BCUT2D eigenvalue weighted by atomic mass is 10.1. The highest BCUT2D eigenvalue weighted by molar-refractivity contribution is 5.97. The third-order valence-electron chi connectivity index (χ3n) is 2.56. The van der Waals surface area contributed by atoms with Crippen LogP contribution in [0, 0.1) is 0 Å². The van der Waals surface area contributed by atoms with Crippen LogP contribution in [0.3, 0.4) is 0 Å². The predicted octanol–water partition coefficient (Wildman–Crippen LogP) is 2.39. The fraction of sp³-hybridized carbons (Fsp3) is 0.417. The van der Waals surface area contributed by atoms with Crippen molar-refractivity contribution >= 4 is 5.78 Å². The summed E-state index contributed by atoms with van der Waals surface area (Å²) in [7, 11) is 1.54. The van der Waals surface area contributed by atoms with Gasteiger partial charge in [-0.25, -0.2) is 0 Å². The van der Waals surface area contributed by atoms with E-state index in [-0.39, 0.29) is 12.4 Å². The minimum Gasteiger partial charge on any atom is -0.377 e. The molecule has 14 heavy (non-hydrogen) atoms. The Morgan fingerprint density at radius 1 is 1.36 bits per heavy atom. The largest absolute Gasteiger partial charge is 0.377 e. The van der Waals surface area contributed by atoms with Crippen molar-refractivity contribution in [3.8, 4) is 0 Å². The molecule has 0 aromatic heterocycles. The van der Waals surface area contributed by atoms with Crippen molar-refractivity contribution in [3.63, 3.8) is 0 Å². The molecular formula is C12H14O2. The zero-order valence-electron chi connectivity index (χ0n) is 8.32. The summed E-state index contributed by atoms with van der Waals surface area (Å²) in [6.07, 6.45) is 2.59. The Morgan fingerprint density at radius 3 is 2.50 bits per heavy atom. The molecule has 0 radical (unpaired) electrons. The molecule has 0 spiro atoms. The van der Waals surface area contributed by atoms with Crippen LogP contribution in [0.4, 0.5) is 0 Å².